The maximum absolute atomic E-state index is 11.6. The van der Waals surface area contributed by atoms with Crippen LogP contribution in [0.4, 0.5) is 5.69 Å². The second-order valence-corrected chi connectivity index (χ2v) is 4.85. The fourth-order valence-electron chi connectivity index (χ4n) is 0.978. The highest BCUT2D eigenvalue weighted by atomic mass is 35.5. The smallest absolute Gasteiger partial charge is 0.228 e. The molecule has 0 spiro atoms. The molecule has 6 heteroatoms. The summed E-state index contributed by atoms with van der Waals surface area (Å²) in [6.07, 6.45) is 0. The van der Waals surface area contributed by atoms with E-state index in [1.165, 1.54) is 12.1 Å². The highest BCUT2D eigenvalue weighted by Crippen LogP contribution is 2.33. The van der Waals surface area contributed by atoms with Crippen molar-refractivity contribution in [3.8, 4) is 0 Å². The zero-order valence-electron chi connectivity index (χ0n) is 8.36. The van der Waals surface area contributed by atoms with Gasteiger partial charge in [0.25, 0.3) is 0 Å². The summed E-state index contributed by atoms with van der Waals surface area (Å²) in [5.41, 5.74) is 0.356. The van der Waals surface area contributed by atoms with Crippen LogP contribution in [0.5, 0.6) is 0 Å². The molecule has 1 atom stereocenters. The van der Waals surface area contributed by atoms with Crippen LogP contribution in [0.3, 0.4) is 0 Å². The molecular weight excluding hydrogens is 292 g/mol. The predicted molar refractivity (Wildman–Crippen MR) is 70.0 cm³/mol. The Balaban J connectivity index is 2.93. The molecule has 0 saturated heterocycles. The lowest BCUT2D eigenvalue weighted by atomic mass is 10.2. The van der Waals surface area contributed by atoms with Crippen LogP contribution in [0, 0.1) is 5.92 Å². The van der Waals surface area contributed by atoms with Crippen molar-refractivity contribution in [3.05, 3.63) is 27.2 Å². The Morgan fingerprint density at radius 3 is 2.25 bits per heavy atom. The van der Waals surface area contributed by atoms with Gasteiger partial charge in [-0.1, -0.05) is 41.7 Å². The summed E-state index contributed by atoms with van der Waals surface area (Å²) in [7, 11) is 0. The van der Waals surface area contributed by atoms with Crippen molar-refractivity contribution in [2.24, 2.45) is 5.92 Å². The molecule has 1 N–H and O–H groups in total. The molecule has 1 amide bonds. The number of halogens is 4. The van der Waals surface area contributed by atoms with Crippen molar-refractivity contribution in [1.29, 1.82) is 0 Å². The van der Waals surface area contributed by atoms with Crippen LogP contribution in [0.1, 0.15) is 6.92 Å². The number of anilines is 1. The van der Waals surface area contributed by atoms with Crippen LogP contribution in [-0.4, -0.2) is 11.8 Å². The van der Waals surface area contributed by atoms with Gasteiger partial charge in [-0.25, -0.2) is 0 Å². The highest BCUT2D eigenvalue weighted by molar-refractivity contribution is 6.42. The third-order valence-electron chi connectivity index (χ3n) is 1.93. The lowest BCUT2D eigenvalue weighted by molar-refractivity contribution is -0.118. The summed E-state index contributed by atoms with van der Waals surface area (Å²) < 4.78 is 0. The summed E-state index contributed by atoms with van der Waals surface area (Å²) in [4.78, 5) is 11.6. The van der Waals surface area contributed by atoms with Crippen LogP contribution in [-0.2, 0) is 4.79 Å². The first-order chi connectivity index (χ1) is 7.45. The van der Waals surface area contributed by atoms with Crippen molar-refractivity contribution in [1.82, 2.24) is 0 Å². The first-order valence-corrected chi connectivity index (χ1v) is 6.14. The van der Waals surface area contributed by atoms with Crippen LogP contribution in [0.2, 0.25) is 15.1 Å². The molecule has 0 radical (unpaired) electrons. The van der Waals surface area contributed by atoms with Crippen molar-refractivity contribution in [3.63, 3.8) is 0 Å². The third kappa shape index (κ3) is 3.42. The van der Waals surface area contributed by atoms with Gasteiger partial charge in [-0.3, -0.25) is 4.79 Å². The fraction of sp³-hybridized carbons (Fsp3) is 0.300. The van der Waals surface area contributed by atoms with Gasteiger partial charge in [0.2, 0.25) is 5.91 Å². The number of alkyl halides is 1. The number of benzene rings is 1. The molecule has 0 saturated carbocycles. The van der Waals surface area contributed by atoms with Gasteiger partial charge in [0.05, 0.1) is 15.7 Å². The Morgan fingerprint density at radius 1 is 1.31 bits per heavy atom. The largest absolute Gasteiger partial charge is 0.323 e. The molecule has 88 valence electrons. The molecule has 0 aliphatic rings. The Labute approximate surface area is 114 Å². The molecule has 0 heterocycles. The quantitative estimate of drug-likeness (QED) is 0.820. The topological polar surface area (TPSA) is 29.1 Å². The molecule has 0 bridgehead atoms. The molecule has 16 heavy (non-hydrogen) atoms. The van der Waals surface area contributed by atoms with E-state index in [1.54, 1.807) is 6.92 Å². The van der Waals surface area contributed by atoms with Gasteiger partial charge in [0.15, 0.2) is 0 Å². The van der Waals surface area contributed by atoms with Crippen molar-refractivity contribution in [2.75, 3.05) is 11.2 Å². The maximum atomic E-state index is 11.6. The summed E-state index contributed by atoms with van der Waals surface area (Å²) in [5, 5.41) is 3.62. The molecule has 2 nitrogen and oxygen atoms in total. The molecule has 0 fully saturated rings. The predicted octanol–water partition coefficient (Wildman–Crippen LogP) is 4.46. The zero-order valence-corrected chi connectivity index (χ0v) is 11.4. The first-order valence-electron chi connectivity index (χ1n) is 4.47. The average Bonchev–Trinajstić information content (AvgIpc) is 2.21. The van der Waals surface area contributed by atoms with E-state index in [2.05, 4.69) is 5.32 Å². The van der Waals surface area contributed by atoms with Gasteiger partial charge in [0, 0.05) is 16.8 Å². The molecule has 0 aromatic heterocycles. The van der Waals surface area contributed by atoms with Gasteiger partial charge >= 0.3 is 0 Å². The average molecular weight is 301 g/mol. The van der Waals surface area contributed by atoms with Crippen LogP contribution < -0.4 is 5.32 Å². The van der Waals surface area contributed by atoms with Crippen LogP contribution >= 0.6 is 46.4 Å². The van der Waals surface area contributed by atoms with Crippen molar-refractivity contribution < 1.29 is 4.79 Å². The van der Waals surface area contributed by atoms with Gasteiger partial charge < -0.3 is 5.32 Å². The minimum Gasteiger partial charge on any atom is -0.323 e. The maximum Gasteiger partial charge on any atom is 0.228 e. The van der Waals surface area contributed by atoms with E-state index in [0.717, 1.165) is 0 Å². The first kappa shape index (κ1) is 13.9. The van der Waals surface area contributed by atoms with E-state index in [-0.39, 0.29) is 17.7 Å². The van der Waals surface area contributed by atoms with Crippen LogP contribution in [0.15, 0.2) is 12.1 Å². The monoisotopic (exact) mass is 299 g/mol. The molecule has 1 aromatic carbocycles. The number of hydrogen-bond donors (Lipinski definition) is 1. The van der Waals surface area contributed by atoms with Gasteiger partial charge in [0.1, 0.15) is 0 Å². The summed E-state index contributed by atoms with van der Waals surface area (Å²) in [6.45, 7) is 1.71. The molecular formula is C10H9Cl4NO. The van der Waals surface area contributed by atoms with Gasteiger partial charge in [-0.05, 0) is 12.1 Å². The molecule has 0 aliphatic heterocycles. The number of carbonyl (C=O) groups is 1. The third-order valence-corrected chi connectivity index (χ3v) is 3.21. The van der Waals surface area contributed by atoms with E-state index in [9.17, 15) is 4.79 Å². The second kappa shape index (κ2) is 5.97. The zero-order chi connectivity index (χ0) is 12.3. The fourth-order valence-corrected chi connectivity index (χ4v) is 2.03. The number of hydrogen-bond acceptors (Lipinski definition) is 1. The number of rotatable bonds is 3. The lowest BCUT2D eigenvalue weighted by Crippen LogP contribution is -2.21. The number of amides is 1. The van der Waals surface area contributed by atoms with Crippen LogP contribution in [0.25, 0.3) is 0 Å². The van der Waals surface area contributed by atoms with E-state index in [0.29, 0.717) is 20.8 Å². The second-order valence-electron chi connectivity index (χ2n) is 3.29. The summed E-state index contributed by atoms with van der Waals surface area (Å²) in [5.74, 6) is -0.320. The number of nitrogens with one attached hydrogen (secondary N) is 1. The molecule has 1 aromatic rings. The molecule has 1 unspecified atom stereocenters. The van der Waals surface area contributed by atoms with E-state index in [4.69, 9.17) is 46.4 Å². The van der Waals surface area contributed by atoms with Gasteiger partial charge in [-0.2, -0.15) is 0 Å². The SMILES string of the molecule is CC(CCl)C(=O)Nc1c(Cl)cc(Cl)cc1Cl. The van der Waals surface area contributed by atoms with Crippen molar-refractivity contribution >= 4 is 58.0 Å². The summed E-state index contributed by atoms with van der Waals surface area (Å²) in [6, 6.07) is 3.02. The highest BCUT2D eigenvalue weighted by Gasteiger charge is 2.15. The minimum absolute atomic E-state index is 0.231. The number of carbonyl (C=O) groups excluding carboxylic acids is 1. The Kier molecular flexibility index (Phi) is 5.19. The van der Waals surface area contributed by atoms with E-state index >= 15 is 0 Å². The Hall–Kier alpha value is -0.150. The van der Waals surface area contributed by atoms with Crippen molar-refractivity contribution in [2.45, 2.75) is 6.92 Å². The lowest BCUT2D eigenvalue weighted by Gasteiger charge is -2.12. The molecule has 1 rings (SSSR count). The Bertz CT molecular complexity index is 385. The van der Waals surface area contributed by atoms with E-state index in [1.807, 2.05) is 0 Å². The summed E-state index contributed by atoms with van der Waals surface area (Å²) >= 11 is 23.1. The molecule has 0 aliphatic carbocycles. The normalized spacial score (nSPS) is 12.3. The Morgan fingerprint density at radius 2 is 1.81 bits per heavy atom. The van der Waals surface area contributed by atoms with E-state index < -0.39 is 0 Å². The minimum atomic E-state index is -0.315. The standard InChI is InChI=1S/C10H9Cl4NO/c1-5(4-11)10(16)15-9-7(13)2-6(12)3-8(9)14/h2-3,5H,4H2,1H3,(H,15,16). The van der Waals surface area contributed by atoms with Gasteiger partial charge in [-0.15, -0.1) is 11.6 Å².